The fourth-order valence-corrected chi connectivity index (χ4v) is 3.55. The van der Waals surface area contributed by atoms with E-state index in [1.165, 1.54) is 4.88 Å². The Labute approximate surface area is 139 Å². The number of nitrogens with zero attached hydrogens (tertiary/aromatic N) is 3. The molecule has 0 saturated heterocycles. The molecule has 2 aromatic heterocycles. The van der Waals surface area contributed by atoms with Gasteiger partial charge in [-0.3, -0.25) is 14.3 Å². The zero-order valence-corrected chi connectivity index (χ0v) is 13.9. The lowest BCUT2D eigenvalue weighted by atomic mass is 10.1. The standard InChI is InChI=1S/C16H20N4O2S/c1-12(21)19-10-13-4-7-18-20(13)14(11-19)9-16(22)17-6-5-15-3-2-8-23-15/h2-4,7-8,14H,5-6,9-11H2,1H3,(H,17,22)/t14-/m0/s1. The average Bonchev–Trinajstić information content (AvgIpc) is 3.17. The summed E-state index contributed by atoms with van der Waals surface area (Å²) in [5, 5.41) is 9.30. The van der Waals surface area contributed by atoms with Crippen LogP contribution in [0.5, 0.6) is 0 Å². The van der Waals surface area contributed by atoms with E-state index in [0.29, 0.717) is 26.1 Å². The number of carbonyl (C=O) groups excluding carboxylic acids is 2. The molecule has 7 heteroatoms. The number of fused-ring (bicyclic) bond motifs is 1. The van der Waals surface area contributed by atoms with Crippen LogP contribution in [0.4, 0.5) is 0 Å². The van der Waals surface area contributed by atoms with Crippen LogP contribution in [0.1, 0.15) is 30.0 Å². The maximum absolute atomic E-state index is 12.2. The summed E-state index contributed by atoms with van der Waals surface area (Å²) in [7, 11) is 0. The molecule has 1 N–H and O–H groups in total. The van der Waals surface area contributed by atoms with Crippen molar-refractivity contribution in [3.63, 3.8) is 0 Å². The molecule has 0 radical (unpaired) electrons. The second kappa shape index (κ2) is 6.95. The molecule has 3 heterocycles. The largest absolute Gasteiger partial charge is 0.356 e. The summed E-state index contributed by atoms with van der Waals surface area (Å²) in [6.45, 7) is 3.28. The Hall–Kier alpha value is -2.15. The molecule has 6 nitrogen and oxygen atoms in total. The van der Waals surface area contributed by atoms with Gasteiger partial charge in [0.1, 0.15) is 0 Å². The lowest BCUT2D eigenvalue weighted by molar-refractivity contribution is -0.132. The first-order valence-electron chi connectivity index (χ1n) is 7.70. The van der Waals surface area contributed by atoms with Gasteiger partial charge in [-0.05, 0) is 23.9 Å². The van der Waals surface area contributed by atoms with Crippen molar-refractivity contribution in [1.29, 1.82) is 0 Å². The molecule has 0 spiro atoms. The van der Waals surface area contributed by atoms with E-state index in [0.717, 1.165) is 12.1 Å². The molecule has 0 bridgehead atoms. The second-order valence-electron chi connectivity index (χ2n) is 5.70. The smallest absolute Gasteiger partial charge is 0.222 e. The molecule has 0 saturated carbocycles. The Balaban J connectivity index is 1.56. The van der Waals surface area contributed by atoms with Crippen LogP contribution < -0.4 is 5.32 Å². The van der Waals surface area contributed by atoms with Crippen molar-refractivity contribution in [3.05, 3.63) is 40.3 Å². The van der Waals surface area contributed by atoms with E-state index in [1.54, 1.807) is 29.4 Å². The van der Waals surface area contributed by atoms with Crippen molar-refractivity contribution in [2.24, 2.45) is 0 Å². The number of hydrogen-bond acceptors (Lipinski definition) is 4. The summed E-state index contributed by atoms with van der Waals surface area (Å²) in [5.41, 5.74) is 0.975. The van der Waals surface area contributed by atoms with Gasteiger partial charge in [-0.25, -0.2) is 0 Å². The minimum atomic E-state index is -0.0978. The van der Waals surface area contributed by atoms with Gasteiger partial charge in [-0.15, -0.1) is 11.3 Å². The molecular weight excluding hydrogens is 312 g/mol. The first kappa shape index (κ1) is 15.7. The lowest BCUT2D eigenvalue weighted by Gasteiger charge is -2.33. The Morgan fingerprint density at radius 1 is 1.43 bits per heavy atom. The summed E-state index contributed by atoms with van der Waals surface area (Å²) < 4.78 is 1.87. The summed E-state index contributed by atoms with van der Waals surface area (Å²) in [6, 6.07) is 5.88. The molecule has 3 rings (SSSR count). The van der Waals surface area contributed by atoms with Crippen LogP contribution in [0.25, 0.3) is 0 Å². The van der Waals surface area contributed by atoms with Gasteiger partial charge in [-0.2, -0.15) is 5.10 Å². The van der Waals surface area contributed by atoms with E-state index in [9.17, 15) is 9.59 Å². The maximum Gasteiger partial charge on any atom is 0.222 e. The van der Waals surface area contributed by atoms with E-state index in [2.05, 4.69) is 16.5 Å². The van der Waals surface area contributed by atoms with Crippen LogP contribution in [0.3, 0.4) is 0 Å². The van der Waals surface area contributed by atoms with Crippen molar-refractivity contribution in [2.75, 3.05) is 13.1 Å². The van der Waals surface area contributed by atoms with Crippen molar-refractivity contribution in [3.8, 4) is 0 Å². The first-order valence-corrected chi connectivity index (χ1v) is 8.58. The van der Waals surface area contributed by atoms with Gasteiger partial charge in [0.15, 0.2) is 0 Å². The second-order valence-corrected chi connectivity index (χ2v) is 6.74. The SMILES string of the molecule is CC(=O)N1Cc2ccnn2[C@@H](CC(=O)NCCc2cccs2)C1. The number of nitrogens with one attached hydrogen (secondary N) is 1. The molecule has 2 aromatic rings. The predicted molar refractivity (Wildman–Crippen MR) is 88.0 cm³/mol. The van der Waals surface area contributed by atoms with Gasteiger partial charge in [0.05, 0.1) is 24.7 Å². The van der Waals surface area contributed by atoms with E-state index in [-0.39, 0.29) is 17.9 Å². The van der Waals surface area contributed by atoms with Gasteiger partial charge in [0.25, 0.3) is 0 Å². The molecule has 0 aromatic carbocycles. The Kier molecular flexibility index (Phi) is 4.76. The van der Waals surface area contributed by atoms with Crippen molar-refractivity contribution in [1.82, 2.24) is 20.0 Å². The van der Waals surface area contributed by atoms with Gasteiger partial charge in [-0.1, -0.05) is 6.07 Å². The number of aromatic nitrogens is 2. The minimum absolute atomic E-state index is 0.00147. The highest BCUT2D eigenvalue weighted by atomic mass is 32.1. The predicted octanol–water partition coefficient (Wildman–Crippen LogP) is 1.60. The van der Waals surface area contributed by atoms with Gasteiger partial charge in [0.2, 0.25) is 11.8 Å². The third kappa shape index (κ3) is 3.79. The molecule has 1 aliphatic rings. The van der Waals surface area contributed by atoms with Crippen LogP contribution >= 0.6 is 11.3 Å². The number of hydrogen-bond donors (Lipinski definition) is 1. The molecular formula is C16H20N4O2S. The van der Waals surface area contributed by atoms with Crippen LogP contribution in [0.15, 0.2) is 29.8 Å². The van der Waals surface area contributed by atoms with Gasteiger partial charge >= 0.3 is 0 Å². The van der Waals surface area contributed by atoms with Crippen molar-refractivity contribution in [2.45, 2.75) is 32.4 Å². The molecule has 23 heavy (non-hydrogen) atoms. The van der Waals surface area contributed by atoms with Gasteiger partial charge < -0.3 is 10.2 Å². The van der Waals surface area contributed by atoms with E-state index in [1.807, 2.05) is 22.2 Å². The Morgan fingerprint density at radius 2 is 2.30 bits per heavy atom. The first-order chi connectivity index (χ1) is 11.1. The lowest BCUT2D eigenvalue weighted by Crippen LogP contribution is -2.42. The monoisotopic (exact) mass is 332 g/mol. The third-order valence-corrected chi connectivity index (χ3v) is 4.96. The number of rotatable bonds is 5. The van der Waals surface area contributed by atoms with Crippen molar-refractivity contribution >= 4 is 23.2 Å². The minimum Gasteiger partial charge on any atom is -0.356 e. The van der Waals surface area contributed by atoms with Gasteiger partial charge in [0, 0.05) is 31.1 Å². The molecule has 2 amide bonds. The highest BCUT2D eigenvalue weighted by Gasteiger charge is 2.28. The summed E-state index contributed by atoms with van der Waals surface area (Å²) in [5.74, 6) is 0.0268. The van der Waals surface area contributed by atoms with E-state index in [4.69, 9.17) is 0 Å². The topological polar surface area (TPSA) is 67.2 Å². The Bertz CT molecular complexity index is 680. The molecule has 122 valence electrons. The molecule has 0 unspecified atom stereocenters. The number of carbonyl (C=O) groups is 2. The summed E-state index contributed by atoms with van der Waals surface area (Å²) >= 11 is 1.70. The fraction of sp³-hybridized carbons (Fsp3) is 0.438. The summed E-state index contributed by atoms with van der Waals surface area (Å²) in [6.07, 6.45) is 2.91. The number of thiophene rings is 1. The third-order valence-electron chi connectivity index (χ3n) is 4.02. The molecule has 1 aliphatic heterocycles. The zero-order valence-electron chi connectivity index (χ0n) is 13.1. The Morgan fingerprint density at radius 3 is 3.04 bits per heavy atom. The quantitative estimate of drug-likeness (QED) is 0.904. The molecule has 1 atom stereocenters. The van der Waals surface area contributed by atoms with Crippen molar-refractivity contribution < 1.29 is 9.59 Å². The van der Waals surface area contributed by atoms with Crippen LogP contribution in [-0.2, 0) is 22.6 Å². The highest BCUT2D eigenvalue weighted by Crippen LogP contribution is 2.22. The zero-order chi connectivity index (χ0) is 16.2. The average molecular weight is 332 g/mol. The van der Waals surface area contributed by atoms with Crippen LogP contribution in [-0.4, -0.2) is 39.6 Å². The normalized spacial score (nSPS) is 16.9. The fourth-order valence-electron chi connectivity index (χ4n) is 2.84. The molecule has 0 fully saturated rings. The number of amides is 2. The van der Waals surface area contributed by atoms with Crippen LogP contribution in [0, 0.1) is 0 Å². The summed E-state index contributed by atoms with van der Waals surface area (Å²) in [4.78, 5) is 26.9. The maximum atomic E-state index is 12.2. The van der Waals surface area contributed by atoms with E-state index < -0.39 is 0 Å². The van der Waals surface area contributed by atoms with E-state index >= 15 is 0 Å². The van der Waals surface area contributed by atoms with Crippen LogP contribution in [0.2, 0.25) is 0 Å². The highest BCUT2D eigenvalue weighted by molar-refractivity contribution is 7.09. The molecule has 0 aliphatic carbocycles.